The van der Waals surface area contributed by atoms with Crippen molar-refractivity contribution in [1.82, 2.24) is 4.98 Å². The van der Waals surface area contributed by atoms with E-state index >= 15 is 0 Å². The number of benzene rings is 1. The number of pyridine rings is 1. The zero-order valence-corrected chi connectivity index (χ0v) is 16.4. The summed E-state index contributed by atoms with van der Waals surface area (Å²) in [5.74, 6) is 1.11. The van der Waals surface area contributed by atoms with Crippen LogP contribution in [0, 0.1) is 0 Å². The summed E-state index contributed by atoms with van der Waals surface area (Å²) >= 11 is 0. The minimum Gasteiger partial charge on any atom is -0.493 e. The molecule has 1 aromatic carbocycles. The maximum atomic E-state index is 11.9. The van der Waals surface area contributed by atoms with Crippen molar-refractivity contribution in [1.29, 1.82) is 0 Å². The zero-order valence-electron chi connectivity index (χ0n) is 14.8. The highest BCUT2D eigenvalue weighted by molar-refractivity contribution is 5.91. The van der Waals surface area contributed by atoms with Gasteiger partial charge in [0, 0.05) is 36.6 Å². The Morgan fingerprint density at radius 1 is 1.19 bits per heavy atom. The first-order valence-corrected chi connectivity index (χ1v) is 7.83. The summed E-state index contributed by atoms with van der Waals surface area (Å²) in [4.78, 5) is 15.9. The lowest BCUT2D eigenvalue weighted by atomic mass is 10.2. The highest BCUT2D eigenvalue weighted by Gasteiger charge is 2.09. The van der Waals surface area contributed by atoms with E-state index in [0.717, 1.165) is 5.56 Å². The number of carbonyl (C=O) groups excluding carboxylic acids is 1. The van der Waals surface area contributed by atoms with E-state index < -0.39 is 0 Å². The first kappa shape index (κ1) is 24.0. The summed E-state index contributed by atoms with van der Waals surface area (Å²) in [5, 5.41) is 2.85. The third-order valence-corrected chi connectivity index (χ3v) is 3.42. The molecule has 0 aliphatic carbocycles. The van der Waals surface area contributed by atoms with Gasteiger partial charge in [-0.3, -0.25) is 9.78 Å². The number of hydrogen-bond donors (Lipinski definition) is 2. The highest BCUT2D eigenvalue weighted by Crippen LogP contribution is 2.31. The predicted octanol–water partition coefficient (Wildman–Crippen LogP) is 3.58. The van der Waals surface area contributed by atoms with Gasteiger partial charge >= 0.3 is 0 Å². The van der Waals surface area contributed by atoms with Gasteiger partial charge in [-0.05, 0) is 43.2 Å². The molecule has 0 saturated carbocycles. The topological polar surface area (TPSA) is 86.5 Å². The number of anilines is 1. The van der Waals surface area contributed by atoms with Crippen LogP contribution < -0.4 is 20.5 Å². The Morgan fingerprint density at radius 2 is 1.88 bits per heavy atom. The van der Waals surface area contributed by atoms with Crippen LogP contribution in [0.15, 0.2) is 42.7 Å². The number of aromatic nitrogens is 1. The fraction of sp³-hybridized carbons (Fsp3) is 0.333. The van der Waals surface area contributed by atoms with Crippen LogP contribution in [-0.2, 0) is 11.4 Å². The number of hydrogen-bond acceptors (Lipinski definition) is 5. The van der Waals surface area contributed by atoms with Crippen molar-refractivity contribution >= 4 is 36.4 Å². The Kier molecular flexibility index (Phi) is 11.4. The minimum absolute atomic E-state index is 0. The van der Waals surface area contributed by atoms with Gasteiger partial charge in [-0.15, -0.1) is 24.8 Å². The van der Waals surface area contributed by atoms with Crippen molar-refractivity contribution in [2.45, 2.75) is 32.4 Å². The van der Waals surface area contributed by atoms with Crippen LogP contribution in [0.2, 0.25) is 0 Å². The highest BCUT2D eigenvalue weighted by atomic mass is 35.5. The number of amides is 1. The molecule has 1 amide bonds. The molecule has 144 valence electrons. The Balaban J connectivity index is 0.00000312. The Morgan fingerprint density at radius 3 is 2.50 bits per heavy atom. The van der Waals surface area contributed by atoms with Crippen molar-refractivity contribution in [3.63, 3.8) is 0 Å². The standard InChI is InChI=1S/C18H23N3O3.2ClH/c1-13(19)3-6-18(22)21-15-4-5-16(23-2)17(11-15)24-12-14-7-9-20-10-8-14;;/h4-5,7-11,13H,3,6,12,19H2,1-2H3,(H,21,22);2*1H. The number of ether oxygens (including phenoxy) is 2. The van der Waals surface area contributed by atoms with Crippen molar-refractivity contribution in [3.05, 3.63) is 48.3 Å². The smallest absolute Gasteiger partial charge is 0.224 e. The molecule has 0 bridgehead atoms. The second kappa shape index (κ2) is 12.4. The average Bonchev–Trinajstić information content (AvgIpc) is 2.59. The number of halogens is 2. The van der Waals surface area contributed by atoms with Crippen LogP contribution >= 0.6 is 24.8 Å². The molecule has 1 aromatic heterocycles. The van der Waals surface area contributed by atoms with Crippen molar-refractivity contribution in [2.75, 3.05) is 12.4 Å². The molecule has 2 rings (SSSR count). The van der Waals surface area contributed by atoms with E-state index in [4.69, 9.17) is 15.2 Å². The molecule has 0 aliphatic rings. The van der Waals surface area contributed by atoms with Crippen LogP contribution in [0.4, 0.5) is 5.69 Å². The summed E-state index contributed by atoms with van der Waals surface area (Å²) in [6.45, 7) is 2.27. The van der Waals surface area contributed by atoms with Crippen molar-refractivity contribution in [2.24, 2.45) is 5.73 Å². The van der Waals surface area contributed by atoms with E-state index in [-0.39, 0.29) is 36.8 Å². The zero-order chi connectivity index (χ0) is 17.4. The Bertz CT molecular complexity index is 670. The molecule has 0 radical (unpaired) electrons. The lowest BCUT2D eigenvalue weighted by Gasteiger charge is -2.13. The largest absolute Gasteiger partial charge is 0.493 e. The molecule has 0 aliphatic heterocycles. The van der Waals surface area contributed by atoms with Crippen molar-refractivity contribution < 1.29 is 14.3 Å². The van der Waals surface area contributed by atoms with Crippen LogP contribution in [0.3, 0.4) is 0 Å². The molecule has 0 spiro atoms. The van der Waals surface area contributed by atoms with Crippen LogP contribution in [0.5, 0.6) is 11.5 Å². The molecule has 1 atom stereocenters. The molecular formula is C18H25Cl2N3O3. The summed E-state index contributed by atoms with van der Waals surface area (Å²) < 4.78 is 11.1. The Hall–Kier alpha value is -2.02. The minimum atomic E-state index is -0.0717. The quantitative estimate of drug-likeness (QED) is 0.705. The van der Waals surface area contributed by atoms with E-state index in [9.17, 15) is 4.79 Å². The lowest BCUT2D eigenvalue weighted by molar-refractivity contribution is -0.116. The van der Waals surface area contributed by atoms with E-state index in [1.165, 1.54) is 0 Å². The molecule has 2 aromatic rings. The third-order valence-electron chi connectivity index (χ3n) is 3.42. The SMILES string of the molecule is COc1ccc(NC(=O)CCC(C)N)cc1OCc1ccncc1.Cl.Cl. The molecule has 6 nitrogen and oxygen atoms in total. The molecule has 3 N–H and O–H groups in total. The van der Waals surface area contributed by atoms with Gasteiger partial charge in [0.25, 0.3) is 0 Å². The fourth-order valence-electron chi connectivity index (χ4n) is 2.09. The summed E-state index contributed by atoms with van der Waals surface area (Å²) in [7, 11) is 1.58. The van der Waals surface area contributed by atoms with Gasteiger partial charge in [-0.25, -0.2) is 0 Å². The lowest BCUT2D eigenvalue weighted by Crippen LogP contribution is -2.19. The number of carbonyl (C=O) groups is 1. The average molecular weight is 402 g/mol. The van der Waals surface area contributed by atoms with Crippen LogP contribution in [-0.4, -0.2) is 24.0 Å². The maximum Gasteiger partial charge on any atom is 0.224 e. The molecule has 0 saturated heterocycles. The second-order valence-electron chi connectivity index (χ2n) is 5.57. The molecular weight excluding hydrogens is 377 g/mol. The van der Waals surface area contributed by atoms with E-state index in [1.54, 1.807) is 37.7 Å². The Labute approximate surface area is 166 Å². The number of methoxy groups -OCH3 is 1. The van der Waals surface area contributed by atoms with Gasteiger partial charge in [0.2, 0.25) is 5.91 Å². The van der Waals surface area contributed by atoms with E-state index in [1.807, 2.05) is 19.1 Å². The first-order chi connectivity index (χ1) is 11.6. The molecule has 0 fully saturated rings. The molecule has 8 heteroatoms. The van der Waals surface area contributed by atoms with E-state index in [2.05, 4.69) is 10.3 Å². The summed E-state index contributed by atoms with van der Waals surface area (Å²) in [5.41, 5.74) is 7.33. The van der Waals surface area contributed by atoms with Crippen molar-refractivity contribution in [3.8, 4) is 11.5 Å². The van der Waals surface area contributed by atoms with Gasteiger partial charge in [0.05, 0.1) is 7.11 Å². The maximum absolute atomic E-state index is 11.9. The molecule has 1 heterocycles. The van der Waals surface area contributed by atoms with E-state index in [0.29, 0.717) is 36.6 Å². The van der Waals surface area contributed by atoms with Gasteiger partial charge in [-0.2, -0.15) is 0 Å². The summed E-state index contributed by atoms with van der Waals surface area (Å²) in [6, 6.07) is 9.07. The number of nitrogens with zero attached hydrogens (tertiary/aromatic N) is 1. The monoisotopic (exact) mass is 401 g/mol. The first-order valence-electron chi connectivity index (χ1n) is 7.83. The predicted molar refractivity (Wildman–Crippen MR) is 108 cm³/mol. The number of rotatable bonds is 8. The number of nitrogens with one attached hydrogen (secondary N) is 1. The third kappa shape index (κ3) is 7.91. The molecule has 1 unspecified atom stereocenters. The van der Waals surface area contributed by atoms with Gasteiger partial charge in [0.15, 0.2) is 11.5 Å². The van der Waals surface area contributed by atoms with Gasteiger partial charge in [-0.1, -0.05) is 0 Å². The van der Waals surface area contributed by atoms with Crippen LogP contribution in [0.25, 0.3) is 0 Å². The van der Waals surface area contributed by atoms with Gasteiger partial charge < -0.3 is 20.5 Å². The van der Waals surface area contributed by atoms with Gasteiger partial charge in [0.1, 0.15) is 6.61 Å². The number of nitrogens with two attached hydrogens (primary N) is 1. The molecule has 26 heavy (non-hydrogen) atoms. The van der Waals surface area contributed by atoms with Crippen LogP contribution in [0.1, 0.15) is 25.3 Å². The summed E-state index contributed by atoms with van der Waals surface area (Å²) in [6.07, 6.45) is 4.46. The fourth-order valence-corrected chi connectivity index (χ4v) is 2.09. The second-order valence-corrected chi connectivity index (χ2v) is 5.57. The normalized spacial score (nSPS) is 10.7.